The molecule has 5 N–H and O–H groups in total. The van der Waals surface area contributed by atoms with Gasteiger partial charge >= 0.3 is 6.09 Å². The number of piperidine rings is 1. The van der Waals surface area contributed by atoms with Crippen LogP contribution in [0.25, 0.3) is 11.2 Å². The summed E-state index contributed by atoms with van der Waals surface area (Å²) in [5.74, 6) is 1.43. The van der Waals surface area contributed by atoms with Gasteiger partial charge in [-0.25, -0.2) is 9.78 Å². The van der Waals surface area contributed by atoms with Crippen molar-refractivity contribution >= 4 is 53.8 Å². The second kappa shape index (κ2) is 15.2. The Hall–Kier alpha value is -2.86. The lowest BCUT2D eigenvalue weighted by Crippen LogP contribution is -2.42. The molecule has 1 aliphatic heterocycles. The lowest BCUT2D eigenvalue weighted by molar-refractivity contribution is -0.113. The van der Waals surface area contributed by atoms with Gasteiger partial charge in [0.05, 0.1) is 12.4 Å². The third kappa shape index (κ3) is 8.20. The number of anilines is 2. The number of hydrogen-bond acceptors (Lipinski definition) is 9. The van der Waals surface area contributed by atoms with Crippen LogP contribution in [0.5, 0.6) is 0 Å². The first-order valence-corrected chi connectivity index (χ1v) is 15.3. The quantitative estimate of drug-likeness (QED) is 0.245. The number of imidazole rings is 1. The third-order valence-electron chi connectivity index (χ3n) is 8.89. The van der Waals surface area contributed by atoms with Crippen LogP contribution in [0.1, 0.15) is 88.8 Å². The lowest BCUT2D eigenvalue weighted by atomic mass is 9.92. The van der Waals surface area contributed by atoms with Crippen LogP contribution in [-0.4, -0.2) is 61.9 Å². The number of halogens is 2. The zero-order valence-corrected chi connectivity index (χ0v) is 26.4. The first-order chi connectivity index (χ1) is 20.0. The number of rotatable bonds is 8. The van der Waals surface area contributed by atoms with Gasteiger partial charge in [-0.05, 0) is 63.9 Å². The summed E-state index contributed by atoms with van der Waals surface area (Å²) in [5, 5.41) is 11.9. The van der Waals surface area contributed by atoms with Crippen LogP contribution in [0.2, 0.25) is 0 Å². The first kappa shape index (κ1) is 33.0. The molecule has 236 valence electrons. The lowest BCUT2D eigenvalue weighted by Gasteiger charge is -2.31. The molecule has 1 atom stereocenters. The van der Waals surface area contributed by atoms with Gasteiger partial charge in [0.1, 0.15) is 0 Å². The first-order valence-electron chi connectivity index (χ1n) is 15.3. The molecule has 0 bridgehead atoms. The number of amides is 1. The van der Waals surface area contributed by atoms with Crippen LogP contribution in [0.15, 0.2) is 36.7 Å². The van der Waals surface area contributed by atoms with Crippen LogP contribution < -0.4 is 21.7 Å². The number of nitrogens with two attached hydrogens (primary N) is 1. The summed E-state index contributed by atoms with van der Waals surface area (Å²) >= 11 is 0. The van der Waals surface area contributed by atoms with Gasteiger partial charge in [-0.1, -0.05) is 43.2 Å². The highest BCUT2D eigenvalue weighted by atomic mass is 35.5. The van der Waals surface area contributed by atoms with E-state index in [4.69, 9.17) is 25.5 Å². The van der Waals surface area contributed by atoms with Gasteiger partial charge in [-0.2, -0.15) is 9.97 Å². The summed E-state index contributed by atoms with van der Waals surface area (Å²) in [7, 11) is 0. The number of carbonyl (C=O) groups excluding carboxylic acids is 1. The van der Waals surface area contributed by atoms with E-state index in [0.717, 1.165) is 73.9 Å². The fraction of sp³-hybridized carbons (Fsp3) is 0.600. The highest BCUT2D eigenvalue weighted by Crippen LogP contribution is 2.34. The van der Waals surface area contributed by atoms with Crippen molar-refractivity contribution in [2.24, 2.45) is 5.73 Å². The summed E-state index contributed by atoms with van der Waals surface area (Å²) in [6.45, 7) is 3.24. The maximum absolute atomic E-state index is 12.5. The van der Waals surface area contributed by atoms with Crippen molar-refractivity contribution < 1.29 is 9.63 Å². The number of hydrogen-bond donors (Lipinski definition) is 4. The van der Waals surface area contributed by atoms with E-state index in [0.29, 0.717) is 37.2 Å². The van der Waals surface area contributed by atoms with Crippen molar-refractivity contribution in [2.75, 3.05) is 23.7 Å². The smallest absolute Gasteiger partial charge is 0.365 e. The minimum absolute atomic E-state index is 0. The summed E-state index contributed by atoms with van der Waals surface area (Å²) in [6, 6.07) is 11.0. The van der Waals surface area contributed by atoms with Crippen molar-refractivity contribution in [3.8, 4) is 0 Å². The fourth-order valence-corrected chi connectivity index (χ4v) is 6.41. The molecule has 13 heteroatoms. The van der Waals surface area contributed by atoms with Gasteiger partial charge in [0.15, 0.2) is 17.0 Å². The molecule has 1 aromatic carbocycles. The Balaban J connectivity index is 0.00000212. The van der Waals surface area contributed by atoms with E-state index in [1.165, 1.54) is 12.8 Å². The molecule has 1 saturated heterocycles. The molecular formula is C30H45Cl2N9O2. The minimum atomic E-state index is -0.429. The molecule has 3 heterocycles. The predicted molar refractivity (Wildman–Crippen MR) is 174 cm³/mol. The molecule has 11 nitrogen and oxygen atoms in total. The zero-order chi connectivity index (χ0) is 28.2. The third-order valence-corrected chi connectivity index (χ3v) is 8.89. The average molecular weight is 635 g/mol. The molecule has 3 fully saturated rings. The summed E-state index contributed by atoms with van der Waals surface area (Å²) in [4.78, 5) is 32.8. The van der Waals surface area contributed by atoms with Crippen LogP contribution >= 0.6 is 24.8 Å². The van der Waals surface area contributed by atoms with Crippen LogP contribution in [0, 0.1) is 0 Å². The molecule has 1 amide bonds. The fourth-order valence-electron chi connectivity index (χ4n) is 6.41. The highest BCUT2D eigenvalue weighted by Gasteiger charge is 2.27. The van der Waals surface area contributed by atoms with E-state index < -0.39 is 6.09 Å². The number of nitrogens with one attached hydrogen (secondary N) is 3. The molecule has 2 aliphatic carbocycles. The summed E-state index contributed by atoms with van der Waals surface area (Å²) < 4.78 is 2.25. The van der Waals surface area contributed by atoms with E-state index in [1.54, 1.807) is 5.06 Å². The largest absolute Gasteiger partial charge is 0.426 e. The number of fused-ring (bicyclic) bond motifs is 1. The van der Waals surface area contributed by atoms with E-state index >= 15 is 0 Å². The van der Waals surface area contributed by atoms with Crippen LogP contribution in [0.4, 0.5) is 16.6 Å². The van der Waals surface area contributed by atoms with Crippen molar-refractivity contribution in [3.63, 3.8) is 0 Å². The van der Waals surface area contributed by atoms with Gasteiger partial charge in [0.2, 0.25) is 5.95 Å². The Bertz CT molecular complexity index is 1310. The number of nitrogens with zero attached hydrogens (tertiary/aromatic N) is 5. The van der Waals surface area contributed by atoms with Crippen LogP contribution in [0.3, 0.4) is 0 Å². The summed E-state index contributed by atoms with van der Waals surface area (Å²) in [5.41, 5.74) is 8.89. The Kier molecular flexibility index (Phi) is 11.7. The predicted octanol–water partition coefficient (Wildman–Crippen LogP) is 5.75. The molecule has 0 radical (unpaired) electrons. The van der Waals surface area contributed by atoms with E-state index in [1.807, 2.05) is 43.6 Å². The van der Waals surface area contributed by atoms with Crippen molar-refractivity contribution in [1.82, 2.24) is 29.9 Å². The molecule has 0 unspecified atom stereocenters. The van der Waals surface area contributed by atoms with Crippen LogP contribution in [-0.2, 0) is 4.84 Å². The van der Waals surface area contributed by atoms with Gasteiger partial charge < -0.3 is 31.1 Å². The maximum atomic E-state index is 12.5. The molecule has 3 aliphatic rings. The Labute approximate surface area is 265 Å². The van der Waals surface area contributed by atoms with Gasteiger partial charge in [-0.3, -0.25) is 0 Å². The number of aromatic nitrogens is 4. The standard InChI is InChI=1S/C30H43N9O2.2ClH/c1-20(21-7-3-2-4-8-21)33-30(40)41-38-17-15-24(16-18-38)34-27-26-28(39(19-32-26)25-9-5-6-10-25)37-29(36-27)35-23-13-11-22(31)12-14-23;;/h2-4,7-8,19-20,22-25H,5-6,9-18,31H2,1H3,(H,33,40)(H2,34,35,36,37);2*1H/t20-,22?,23?;;/m1../s1. The molecule has 43 heavy (non-hydrogen) atoms. The molecule has 6 rings (SSSR count). The molecule has 2 saturated carbocycles. The number of carbonyl (C=O) groups is 1. The van der Waals surface area contributed by atoms with Crippen molar-refractivity contribution in [2.45, 2.75) is 101 Å². The zero-order valence-electron chi connectivity index (χ0n) is 24.8. The molecular weight excluding hydrogens is 589 g/mol. The normalized spacial score (nSPS) is 22.3. The Morgan fingerprint density at radius 3 is 2.30 bits per heavy atom. The molecule has 3 aromatic rings. The Morgan fingerprint density at radius 2 is 1.60 bits per heavy atom. The second-order valence-electron chi connectivity index (χ2n) is 11.9. The van der Waals surface area contributed by atoms with Gasteiger partial charge in [-0.15, -0.1) is 29.9 Å². The molecule has 0 spiro atoms. The van der Waals surface area contributed by atoms with Gasteiger partial charge in [0, 0.05) is 37.3 Å². The topological polar surface area (TPSA) is 135 Å². The Morgan fingerprint density at radius 1 is 0.930 bits per heavy atom. The van der Waals surface area contributed by atoms with Crippen molar-refractivity contribution in [3.05, 3.63) is 42.2 Å². The van der Waals surface area contributed by atoms with E-state index in [9.17, 15) is 4.79 Å². The van der Waals surface area contributed by atoms with E-state index in [2.05, 4.69) is 20.5 Å². The number of hydroxylamine groups is 2. The maximum Gasteiger partial charge on any atom is 0.426 e. The highest BCUT2D eigenvalue weighted by molar-refractivity contribution is 5.86. The van der Waals surface area contributed by atoms with Gasteiger partial charge in [0.25, 0.3) is 0 Å². The molecule has 2 aromatic heterocycles. The second-order valence-corrected chi connectivity index (χ2v) is 11.9. The monoisotopic (exact) mass is 633 g/mol. The van der Waals surface area contributed by atoms with E-state index in [-0.39, 0.29) is 36.9 Å². The number of benzene rings is 1. The minimum Gasteiger partial charge on any atom is -0.365 e. The SMILES string of the molecule is C[C@@H](NC(=O)ON1CCC(Nc2nc(NC3CCC(N)CC3)nc3c2ncn3C2CCCC2)CC1)c1ccccc1.Cl.Cl. The summed E-state index contributed by atoms with van der Waals surface area (Å²) in [6.07, 6.45) is 12.1. The average Bonchev–Trinajstić information content (AvgIpc) is 3.66. The van der Waals surface area contributed by atoms with Crippen molar-refractivity contribution in [1.29, 1.82) is 0 Å².